The quantitative estimate of drug-likeness (QED) is 0.616. The minimum absolute atomic E-state index is 0.0333. The monoisotopic (exact) mass is 494 g/mol. The van der Waals surface area contributed by atoms with E-state index in [4.69, 9.17) is 4.74 Å². The molecule has 2 aliphatic carbocycles. The van der Waals surface area contributed by atoms with Crippen molar-refractivity contribution in [1.29, 1.82) is 0 Å². The molecule has 2 aromatic rings. The molecule has 0 radical (unpaired) electrons. The van der Waals surface area contributed by atoms with E-state index in [1.54, 1.807) is 0 Å². The predicted octanol–water partition coefficient (Wildman–Crippen LogP) is 4.46. The van der Waals surface area contributed by atoms with Gasteiger partial charge in [-0.25, -0.2) is 9.59 Å². The Bertz CT molecular complexity index is 1100. The number of amides is 2. The lowest BCUT2D eigenvalue weighted by Gasteiger charge is -2.36. The van der Waals surface area contributed by atoms with E-state index in [2.05, 4.69) is 29.6 Å². The Labute approximate surface area is 209 Å². The maximum absolute atomic E-state index is 13.6. The molecule has 1 saturated heterocycles. The van der Waals surface area contributed by atoms with Gasteiger partial charge < -0.3 is 20.1 Å². The molecule has 8 heteroatoms. The second-order valence-corrected chi connectivity index (χ2v) is 11.0. The highest BCUT2D eigenvalue weighted by atomic mass is 32.2. The molecule has 1 heterocycles. The predicted molar refractivity (Wildman–Crippen MR) is 134 cm³/mol. The molecular weight excluding hydrogens is 464 g/mol. The molecule has 2 amide bonds. The fourth-order valence-corrected chi connectivity index (χ4v) is 6.99. The summed E-state index contributed by atoms with van der Waals surface area (Å²) in [6.45, 7) is 2.23. The van der Waals surface area contributed by atoms with Gasteiger partial charge in [-0.15, -0.1) is 11.8 Å². The van der Waals surface area contributed by atoms with Crippen LogP contribution in [0.2, 0.25) is 0 Å². The van der Waals surface area contributed by atoms with Gasteiger partial charge >= 0.3 is 12.1 Å². The molecule has 35 heavy (non-hydrogen) atoms. The average Bonchev–Trinajstić information content (AvgIpc) is 3.57. The van der Waals surface area contributed by atoms with E-state index < -0.39 is 23.5 Å². The van der Waals surface area contributed by atoms with Crippen LogP contribution in [0.4, 0.5) is 4.79 Å². The number of alkyl carbamates (subject to hydrolysis) is 1. The van der Waals surface area contributed by atoms with Crippen molar-refractivity contribution >= 4 is 29.7 Å². The maximum atomic E-state index is 13.6. The number of carboxylic acid groups (broad SMARTS) is 1. The van der Waals surface area contributed by atoms with Crippen molar-refractivity contribution in [2.24, 2.45) is 5.41 Å². The largest absolute Gasteiger partial charge is 0.480 e. The molecule has 7 nitrogen and oxygen atoms in total. The lowest BCUT2D eigenvalue weighted by molar-refractivity contribution is -0.154. The van der Waals surface area contributed by atoms with Crippen molar-refractivity contribution in [1.82, 2.24) is 10.2 Å². The molecule has 1 saturated carbocycles. The van der Waals surface area contributed by atoms with Crippen LogP contribution in [-0.2, 0) is 14.3 Å². The number of hydrogen-bond acceptors (Lipinski definition) is 5. The van der Waals surface area contributed by atoms with Crippen molar-refractivity contribution in [2.45, 2.75) is 49.9 Å². The Balaban J connectivity index is 1.25. The molecule has 1 aliphatic heterocycles. The third-order valence-corrected chi connectivity index (χ3v) is 8.89. The highest BCUT2D eigenvalue weighted by molar-refractivity contribution is 8.00. The normalized spacial score (nSPS) is 22.5. The zero-order valence-corrected chi connectivity index (χ0v) is 20.6. The summed E-state index contributed by atoms with van der Waals surface area (Å²) in [5, 5.41) is 12.3. The summed E-state index contributed by atoms with van der Waals surface area (Å²) in [7, 11) is 0. The summed E-state index contributed by atoms with van der Waals surface area (Å²) < 4.78 is 5.66. The van der Waals surface area contributed by atoms with E-state index in [-0.39, 0.29) is 30.4 Å². The van der Waals surface area contributed by atoms with Crippen molar-refractivity contribution in [3.63, 3.8) is 0 Å². The second kappa shape index (κ2) is 9.57. The molecule has 2 aromatic carbocycles. The standard InChI is InChI=1S/C27H30N2O5S/c1-17-29(23(15-35-17)24(30)31)25(32)27(12-6-7-13-27)16-28-26(33)34-14-22-20-10-4-2-8-18(20)19-9-3-5-11-21(19)22/h2-5,8-11,17,22-23H,6-7,12-16H2,1H3,(H,28,33)(H,30,31). The van der Waals surface area contributed by atoms with Crippen LogP contribution >= 0.6 is 11.8 Å². The van der Waals surface area contributed by atoms with Gasteiger partial charge in [-0.2, -0.15) is 0 Å². The third kappa shape index (κ3) is 4.29. The van der Waals surface area contributed by atoms with Crippen molar-refractivity contribution < 1.29 is 24.2 Å². The topological polar surface area (TPSA) is 95.9 Å². The number of aliphatic carboxylic acids is 1. The van der Waals surface area contributed by atoms with Gasteiger partial charge in [0.1, 0.15) is 12.6 Å². The first-order valence-corrected chi connectivity index (χ1v) is 13.2. The molecule has 184 valence electrons. The molecule has 2 fully saturated rings. The lowest BCUT2D eigenvalue weighted by Crippen LogP contribution is -2.54. The number of nitrogens with zero attached hydrogens (tertiary/aromatic N) is 1. The number of nitrogens with one attached hydrogen (secondary N) is 1. The Morgan fingerprint density at radius 2 is 1.66 bits per heavy atom. The third-order valence-electron chi connectivity index (χ3n) is 7.67. The van der Waals surface area contributed by atoms with Gasteiger partial charge in [0.2, 0.25) is 5.91 Å². The summed E-state index contributed by atoms with van der Waals surface area (Å²) in [5.41, 5.74) is 3.84. The van der Waals surface area contributed by atoms with Crippen LogP contribution in [0.15, 0.2) is 48.5 Å². The lowest BCUT2D eigenvalue weighted by atomic mass is 9.84. The molecule has 5 rings (SSSR count). The van der Waals surface area contributed by atoms with Gasteiger partial charge in [0.05, 0.1) is 10.8 Å². The molecule has 2 N–H and O–H groups in total. The van der Waals surface area contributed by atoms with Crippen molar-refractivity contribution in [3.8, 4) is 11.1 Å². The SMILES string of the molecule is CC1SCC(C(=O)O)N1C(=O)C1(CNC(=O)OCC2c3ccccc3-c3ccccc32)CCCC1. The minimum atomic E-state index is -0.979. The van der Waals surface area contributed by atoms with Crippen LogP contribution in [0.25, 0.3) is 11.1 Å². The number of ether oxygens (including phenoxy) is 1. The summed E-state index contributed by atoms with van der Waals surface area (Å²) >= 11 is 1.48. The average molecular weight is 495 g/mol. The number of benzene rings is 2. The molecule has 2 atom stereocenters. The molecule has 2 unspecified atom stereocenters. The zero-order chi connectivity index (χ0) is 24.6. The highest BCUT2D eigenvalue weighted by Crippen LogP contribution is 2.45. The van der Waals surface area contributed by atoms with Crippen LogP contribution < -0.4 is 5.32 Å². The number of rotatable bonds is 6. The Hall–Kier alpha value is -3.00. The first-order valence-electron chi connectivity index (χ1n) is 12.2. The van der Waals surface area contributed by atoms with E-state index >= 15 is 0 Å². The van der Waals surface area contributed by atoms with Crippen LogP contribution in [0.5, 0.6) is 0 Å². The Kier molecular flexibility index (Phi) is 6.49. The van der Waals surface area contributed by atoms with E-state index in [0.29, 0.717) is 18.6 Å². The number of carbonyl (C=O) groups is 3. The van der Waals surface area contributed by atoms with Gasteiger partial charge in [0, 0.05) is 18.2 Å². The van der Waals surface area contributed by atoms with Crippen molar-refractivity contribution in [2.75, 3.05) is 18.9 Å². The molecule has 0 aromatic heterocycles. The van der Waals surface area contributed by atoms with Crippen LogP contribution in [0, 0.1) is 5.41 Å². The fourth-order valence-electron chi connectivity index (χ4n) is 5.82. The molecular formula is C27H30N2O5S. The summed E-state index contributed by atoms with van der Waals surface area (Å²) in [6, 6.07) is 15.5. The van der Waals surface area contributed by atoms with Crippen LogP contribution in [0.3, 0.4) is 0 Å². The number of fused-ring (bicyclic) bond motifs is 3. The number of carbonyl (C=O) groups excluding carboxylic acids is 2. The Morgan fingerprint density at radius 1 is 1.06 bits per heavy atom. The molecule has 0 spiro atoms. The first-order chi connectivity index (χ1) is 16.9. The van der Waals surface area contributed by atoms with E-state index in [1.165, 1.54) is 27.8 Å². The van der Waals surface area contributed by atoms with E-state index in [0.717, 1.165) is 24.0 Å². The Morgan fingerprint density at radius 3 is 2.26 bits per heavy atom. The first kappa shape index (κ1) is 23.7. The maximum Gasteiger partial charge on any atom is 0.407 e. The summed E-state index contributed by atoms with van der Waals surface area (Å²) in [5.74, 6) is -0.793. The van der Waals surface area contributed by atoms with Crippen LogP contribution in [-0.4, -0.2) is 58.3 Å². The van der Waals surface area contributed by atoms with Crippen LogP contribution in [0.1, 0.15) is 49.7 Å². The highest BCUT2D eigenvalue weighted by Gasteiger charge is 2.50. The van der Waals surface area contributed by atoms with Gasteiger partial charge in [0.25, 0.3) is 0 Å². The summed E-state index contributed by atoms with van der Waals surface area (Å²) in [6.07, 6.45) is 2.48. The van der Waals surface area contributed by atoms with E-state index in [9.17, 15) is 19.5 Å². The smallest absolute Gasteiger partial charge is 0.407 e. The molecule has 3 aliphatic rings. The number of thioether (sulfide) groups is 1. The van der Waals surface area contributed by atoms with Gasteiger partial charge in [-0.1, -0.05) is 61.4 Å². The fraction of sp³-hybridized carbons (Fsp3) is 0.444. The molecule has 0 bridgehead atoms. The van der Waals surface area contributed by atoms with Crippen molar-refractivity contribution in [3.05, 3.63) is 59.7 Å². The second-order valence-electron chi connectivity index (χ2n) is 9.67. The van der Waals surface area contributed by atoms with Gasteiger partial charge in [0.15, 0.2) is 0 Å². The van der Waals surface area contributed by atoms with E-state index in [1.807, 2.05) is 31.2 Å². The zero-order valence-electron chi connectivity index (χ0n) is 19.7. The number of hydrogen-bond donors (Lipinski definition) is 2. The van der Waals surface area contributed by atoms with Gasteiger partial charge in [-0.3, -0.25) is 4.79 Å². The number of carboxylic acids is 1. The minimum Gasteiger partial charge on any atom is -0.480 e. The summed E-state index contributed by atoms with van der Waals surface area (Å²) in [4.78, 5) is 39.6. The van der Waals surface area contributed by atoms with Gasteiger partial charge in [-0.05, 0) is 42.0 Å².